The fraction of sp³-hybridized carbons (Fsp3) is 0.297. The summed E-state index contributed by atoms with van der Waals surface area (Å²) >= 11 is 0. The van der Waals surface area contributed by atoms with Gasteiger partial charge in [-0.1, -0.05) is 32.9 Å². The largest absolute Gasteiger partial charge is 0.480 e. The molecule has 0 radical (unpaired) electrons. The zero-order chi connectivity index (χ0) is 45.6. The lowest BCUT2D eigenvalue weighted by atomic mass is 9.90. The number of rotatable bonds is 13. The number of anilines is 2. The molecule has 4 heterocycles. The van der Waals surface area contributed by atoms with E-state index in [1.54, 1.807) is 0 Å². The third-order valence-electron chi connectivity index (χ3n) is 8.30. The Kier molecular flexibility index (Phi) is 13.7. The zero-order valence-electron chi connectivity index (χ0n) is 32.4. The van der Waals surface area contributed by atoms with Gasteiger partial charge in [0, 0.05) is 19.5 Å². The van der Waals surface area contributed by atoms with Crippen LogP contribution in [0.5, 0.6) is 0 Å². The van der Waals surface area contributed by atoms with Crippen LogP contribution in [0.25, 0.3) is 22.1 Å². The third-order valence-corrected chi connectivity index (χ3v) is 8.30. The second kappa shape index (κ2) is 18.5. The number of carboxylic acid groups (broad SMARTS) is 1. The number of amides is 2. The lowest BCUT2D eigenvalue weighted by Gasteiger charge is -2.16. The topological polar surface area (TPSA) is 246 Å². The maximum absolute atomic E-state index is 13.4. The van der Waals surface area contributed by atoms with Gasteiger partial charge in [0.15, 0.2) is 28.8 Å². The van der Waals surface area contributed by atoms with Crippen LogP contribution in [0.1, 0.15) is 70.4 Å². The summed E-state index contributed by atoms with van der Waals surface area (Å²) in [4.78, 5) is 63.5. The van der Waals surface area contributed by atoms with E-state index in [1.165, 1.54) is 0 Å². The summed E-state index contributed by atoms with van der Waals surface area (Å²) in [7, 11) is 0. The highest BCUT2D eigenvalue weighted by Gasteiger charge is 2.35. The van der Waals surface area contributed by atoms with Crippen LogP contribution < -0.4 is 21.3 Å². The number of hydrogen-bond donors (Lipinski definition) is 7. The molecule has 2 amide bonds. The first-order valence-corrected chi connectivity index (χ1v) is 17.9. The highest BCUT2D eigenvalue weighted by Crippen LogP contribution is 2.33. The van der Waals surface area contributed by atoms with Crippen LogP contribution in [0.15, 0.2) is 49.1 Å². The van der Waals surface area contributed by atoms with Crippen molar-refractivity contribution in [3.63, 3.8) is 0 Å². The Morgan fingerprint density at radius 1 is 0.645 bits per heavy atom. The molecule has 25 heteroatoms. The quantitative estimate of drug-likeness (QED) is 0.0680. The average Bonchev–Trinajstić information content (AvgIpc) is 3.81. The van der Waals surface area contributed by atoms with E-state index in [4.69, 9.17) is 5.11 Å². The highest BCUT2D eigenvalue weighted by molar-refractivity contribution is 6.05. The van der Waals surface area contributed by atoms with Gasteiger partial charge in [-0.05, 0) is 40.8 Å². The fourth-order valence-corrected chi connectivity index (χ4v) is 5.59. The molecule has 17 nitrogen and oxygen atoms in total. The van der Waals surface area contributed by atoms with E-state index in [1.807, 2.05) is 20.8 Å². The molecule has 0 saturated carbocycles. The number of aliphatic carboxylic acids is 1. The number of carboxylic acids is 1. The molecular formula is C37H34F8N12O5. The maximum Gasteiger partial charge on any atom is 0.419 e. The Bertz CT molecular complexity index is 2620. The first-order valence-electron chi connectivity index (χ1n) is 17.9. The smallest absolute Gasteiger partial charge is 0.419 e. The Morgan fingerprint density at radius 3 is 1.45 bits per heavy atom. The summed E-state index contributed by atoms with van der Waals surface area (Å²) in [6.45, 7) is 4.83. The lowest BCUT2D eigenvalue weighted by molar-refractivity contribution is -0.140. The molecule has 6 rings (SSSR count). The Labute approximate surface area is 343 Å². The number of aromatic amines is 2. The van der Waals surface area contributed by atoms with Gasteiger partial charge in [-0.2, -0.15) is 36.5 Å². The zero-order valence-corrected chi connectivity index (χ0v) is 32.4. The van der Waals surface area contributed by atoms with Crippen molar-refractivity contribution in [3.05, 3.63) is 94.3 Å². The van der Waals surface area contributed by atoms with Crippen LogP contribution in [0.4, 0.5) is 46.8 Å². The molecular weight excluding hydrogens is 844 g/mol. The van der Waals surface area contributed by atoms with Crippen LogP contribution in [-0.2, 0) is 35.0 Å². The van der Waals surface area contributed by atoms with Crippen molar-refractivity contribution in [2.24, 2.45) is 5.41 Å². The number of aromatic nitrogens is 8. The molecule has 6 aromatic rings. The number of fused-ring (bicyclic) bond motifs is 2. The van der Waals surface area contributed by atoms with Crippen molar-refractivity contribution in [2.75, 3.05) is 23.7 Å². The van der Waals surface area contributed by atoms with Crippen molar-refractivity contribution in [1.82, 2.24) is 51.0 Å². The number of hydrogen-bond acceptors (Lipinski definition) is 12. The van der Waals surface area contributed by atoms with Gasteiger partial charge in [0.2, 0.25) is 0 Å². The van der Waals surface area contributed by atoms with E-state index in [-0.39, 0.29) is 87.0 Å². The average molecular weight is 879 g/mol. The molecule has 0 aliphatic heterocycles. The van der Waals surface area contributed by atoms with E-state index < -0.39 is 59.4 Å². The third kappa shape index (κ3) is 11.7. The highest BCUT2D eigenvalue weighted by atomic mass is 19.4. The van der Waals surface area contributed by atoms with Crippen LogP contribution in [0.3, 0.4) is 0 Å². The molecule has 2 aromatic carbocycles. The van der Waals surface area contributed by atoms with Crippen molar-refractivity contribution < 1.29 is 59.4 Å². The minimum absolute atomic E-state index is 0.0227. The SMILES string of the molecule is CC(C)(C)CC(=O)CNc1n[nH]c2c(C(=O)NCc3ccc(F)c(C(F)(F)F)c3)ncnc12.O=C(O)CNc1n[nH]c2c(C(=O)NCc3ccc(F)c(C(F)(F)F)c3)ncnc12. The fourth-order valence-electron chi connectivity index (χ4n) is 5.59. The van der Waals surface area contributed by atoms with Gasteiger partial charge in [-0.3, -0.25) is 29.4 Å². The first kappa shape index (κ1) is 45.7. The number of nitrogens with zero attached hydrogens (tertiary/aromatic N) is 6. The molecule has 7 N–H and O–H groups in total. The van der Waals surface area contributed by atoms with E-state index in [9.17, 15) is 54.3 Å². The number of halogens is 8. The molecule has 0 unspecified atom stereocenters. The summed E-state index contributed by atoms with van der Waals surface area (Å²) in [6.07, 6.45) is -7.16. The van der Waals surface area contributed by atoms with Gasteiger partial charge in [-0.15, -0.1) is 0 Å². The van der Waals surface area contributed by atoms with Gasteiger partial charge < -0.3 is 26.4 Å². The normalized spacial score (nSPS) is 11.8. The number of carbonyl (C=O) groups is 4. The Balaban J connectivity index is 0.000000236. The number of benzene rings is 2. The van der Waals surface area contributed by atoms with E-state index >= 15 is 0 Å². The van der Waals surface area contributed by atoms with Crippen LogP contribution in [0, 0.1) is 17.0 Å². The summed E-state index contributed by atoms with van der Waals surface area (Å²) < 4.78 is 104. The van der Waals surface area contributed by atoms with Gasteiger partial charge in [-0.25, -0.2) is 28.7 Å². The number of carbonyl (C=O) groups excluding carboxylic acids is 3. The molecule has 0 atom stereocenters. The second-order valence-electron chi connectivity index (χ2n) is 14.4. The van der Waals surface area contributed by atoms with Crippen molar-refractivity contribution in [3.8, 4) is 0 Å². The van der Waals surface area contributed by atoms with Crippen LogP contribution >= 0.6 is 0 Å². The predicted molar refractivity (Wildman–Crippen MR) is 202 cm³/mol. The molecule has 0 saturated heterocycles. The molecule has 0 spiro atoms. The maximum atomic E-state index is 13.4. The summed E-state index contributed by atoms with van der Waals surface area (Å²) in [5, 5.41) is 31.9. The van der Waals surface area contributed by atoms with E-state index in [2.05, 4.69) is 61.6 Å². The number of alkyl halides is 6. The molecule has 4 aromatic heterocycles. The number of nitrogens with one attached hydrogen (secondary N) is 6. The van der Waals surface area contributed by atoms with Crippen molar-refractivity contribution in [1.29, 1.82) is 0 Å². The van der Waals surface area contributed by atoms with Gasteiger partial charge in [0.25, 0.3) is 11.8 Å². The minimum Gasteiger partial charge on any atom is -0.480 e. The van der Waals surface area contributed by atoms with Gasteiger partial charge in [0.05, 0.1) is 17.7 Å². The lowest BCUT2D eigenvalue weighted by Crippen LogP contribution is -2.24. The first-order chi connectivity index (χ1) is 29.0. The molecule has 328 valence electrons. The molecule has 0 aliphatic rings. The number of Topliss-reactive ketones (excluding diaryl/α,β-unsaturated/α-hetero) is 1. The Morgan fingerprint density at radius 2 is 1.06 bits per heavy atom. The molecule has 0 bridgehead atoms. The summed E-state index contributed by atoms with van der Waals surface area (Å²) in [5.74, 6) is -5.06. The minimum atomic E-state index is -4.86. The second-order valence-corrected chi connectivity index (χ2v) is 14.4. The van der Waals surface area contributed by atoms with Crippen molar-refractivity contribution in [2.45, 2.75) is 52.6 Å². The van der Waals surface area contributed by atoms with Crippen molar-refractivity contribution >= 4 is 57.3 Å². The molecule has 62 heavy (non-hydrogen) atoms. The van der Waals surface area contributed by atoms with E-state index in [0.29, 0.717) is 30.7 Å². The standard InChI is InChI=1S/C21H22F4N6O2.C16H12F4N6O3/c1-20(2,3)7-12(32)9-26-18-16-15(30-31-18)17(29-10-28-16)19(33)27-8-11-4-5-14(22)13(6-11)21(23,24)25;17-9-2-1-7(3-8(9)16(18,19)20)4-22-15(29)13-11-12(23-6-24-13)14(26-25-11)21-5-10(27)28/h4-6,10H,7-9H2,1-3H3,(H,27,33)(H2,26,30,31);1-3,6H,4-5H2,(H,22,29)(H,27,28)(H2,21,25,26). The van der Waals surface area contributed by atoms with E-state index in [0.717, 1.165) is 24.8 Å². The summed E-state index contributed by atoms with van der Waals surface area (Å²) in [5.41, 5.74) is -2.41. The monoisotopic (exact) mass is 878 g/mol. The number of ketones is 1. The molecule has 0 fully saturated rings. The predicted octanol–water partition coefficient (Wildman–Crippen LogP) is 5.80. The summed E-state index contributed by atoms with van der Waals surface area (Å²) in [6, 6.07) is 4.87. The van der Waals surface area contributed by atoms with Crippen LogP contribution in [0.2, 0.25) is 0 Å². The number of H-pyrrole nitrogens is 2. The van der Waals surface area contributed by atoms with Gasteiger partial charge >= 0.3 is 18.3 Å². The van der Waals surface area contributed by atoms with Crippen LogP contribution in [-0.4, -0.2) is 82.1 Å². The van der Waals surface area contributed by atoms with Gasteiger partial charge in [0.1, 0.15) is 52.9 Å². The molecule has 0 aliphatic carbocycles. The Hall–Kier alpha value is -7.34.